The molecule has 1 aliphatic carbocycles. The second-order valence-electron chi connectivity index (χ2n) is 5.31. The van der Waals surface area contributed by atoms with Crippen LogP contribution in [0.4, 0.5) is 5.69 Å². The van der Waals surface area contributed by atoms with E-state index < -0.39 is 0 Å². The summed E-state index contributed by atoms with van der Waals surface area (Å²) in [5.41, 5.74) is 0.563. The van der Waals surface area contributed by atoms with Gasteiger partial charge in [-0.2, -0.15) is 0 Å². The van der Waals surface area contributed by atoms with Crippen molar-refractivity contribution in [3.63, 3.8) is 0 Å². The molecule has 0 unspecified atom stereocenters. The number of anilines is 1. The lowest BCUT2D eigenvalue weighted by molar-refractivity contribution is -0.129. The summed E-state index contributed by atoms with van der Waals surface area (Å²) < 4.78 is 10.4. The first-order chi connectivity index (χ1) is 10.5. The van der Waals surface area contributed by atoms with Crippen molar-refractivity contribution >= 4 is 17.5 Å². The molecule has 1 fully saturated rings. The summed E-state index contributed by atoms with van der Waals surface area (Å²) in [6, 6.07) is 5.52. The Labute approximate surface area is 130 Å². The normalized spacial score (nSPS) is 13.4. The van der Waals surface area contributed by atoms with Crippen molar-refractivity contribution in [3.05, 3.63) is 18.2 Å². The number of hydrogen-bond donors (Lipinski definition) is 1. The van der Waals surface area contributed by atoms with E-state index >= 15 is 0 Å². The topological polar surface area (TPSA) is 67.9 Å². The van der Waals surface area contributed by atoms with Gasteiger partial charge in [0, 0.05) is 32.0 Å². The summed E-state index contributed by atoms with van der Waals surface area (Å²) >= 11 is 0. The summed E-state index contributed by atoms with van der Waals surface area (Å²) in [4.78, 5) is 25.4. The SMILES string of the molecule is COc1ccc(OC)c(NC(=O)CCN(C(C)=O)C2CC2)c1. The Bertz CT molecular complexity index is 555. The van der Waals surface area contributed by atoms with Gasteiger partial charge in [0.15, 0.2) is 0 Å². The predicted octanol–water partition coefficient (Wildman–Crippen LogP) is 2.04. The molecule has 2 amide bonds. The zero-order valence-electron chi connectivity index (χ0n) is 13.2. The van der Waals surface area contributed by atoms with Crippen LogP contribution >= 0.6 is 0 Å². The van der Waals surface area contributed by atoms with Crippen LogP contribution in [0.25, 0.3) is 0 Å². The van der Waals surface area contributed by atoms with E-state index in [0.29, 0.717) is 29.8 Å². The van der Waals surface area contributed by atoms with Crippen LogP contribution in [0.5, 0.6) is 11.5 Å². The molecular weight excluding hydrogens is 284 g/mol. The summed E-state index contributed by atoms with van der Waals surface area (Å²) in [5, 5.41) is 2.81. The lowest BCUT2D eigenvalue weighted by atomic mass is 10.2. The molecule has 6 heteroatoms. The first kappa shape index (κ1) is 16.1. The van der Waals surface area contributed by atoms with Crippen LogP contribution < -0.4 is 14.8 Å². The predicted molar refractivity (Wildman–Crippen MR) is 83.2 cm³/mol. The monoisotopic (exact) mass is 306 g/mol. The van der Waals surface area contributed by atoms with Gasteiger partial charge in [0.1, 0.15) is 11.5 Å². The standard InChI is InChI=1S/C16H22N2O4/c1-11(19)18(12-4-5-12)9-8-16(20)17-14-10-13(21-2)6-7-15(14)22-3/h6-7,10,12H,4-5,8-9H2,1-3H3,(H,17,20). The molecule has 0 atom stereocenters. The van der Waals surface area contributed by atoms with Gasteiger partial charge < -0.3 is 19.7 Å². The third kappa shape index (κ3) is 4.13. The van der Waals surface area contributed by atoms with Crippen molar-refractivity contribution in [2.45, 2.75) is 32.2 Å². The summed E-state index contributed by atoms with van der Waals surface area (Å²) in [6.07, 6.45) is 2.33. The highest BCUT2D eigenvalue weighted by atomic mass is 16.5. The maximum atomic E-state index is 12.1. The summed E-state index contributed by atoms with van der Waals surface area (Å²) in [5.74, 6) is 1.08. The molecule has 0 radical (unpaired) electrons. The van der Waals surface area contributed by atoms with E-state index in [1.165, 1.54) is 0 Å². The number of benzene rings is 1. The van der Waals surface area contributed by atoms with E-state index in [-0.39, 0.29) is 18.2 Å². The van der Waals surface area contributed by atoms with E-state index in [2.05, 4.69) is 5.32 Å². The molecule has 0 aliphatic heterocycles. The Kier molecular flexibility index (Phi) is 5.25. The van der Waals surface area contributed by atoms with Gasteiger partial charge in [-0.1, -0.05) is 0 Å². The molecule has 0 bridgehead atoms. The first-order valence-electron chi connectivity index (χ1n) is 7.34. The largest absolute Gasteiger partial charge is 0.497 e. The van der Waals surface area contributed by atoms with Crippen molar-refractivity contribution in [3.8, 4) is 11.5 Å². The van der Waals surface area contributed by atoms with Gasteiger partial charge in [0.05, 0.1) is 19.9 Å². The van der Waals surface area contributed by atoms with Gasteiger partial charge in [0.2, 0.25) is 11.8 Å². The minimum atomic E-state index is -0.154. The van der Waals surface area contributed by atoms with Crippen molar-refractivity contribution in [1.82, 2.24) is 4.90 Å². The molecule has 2 rings (SSSR count). The molecule has 1 aromatic carbocycles. The van der Waals surface area contributed by atoms with Crippen molar-refractivity contribution in [1.29, 1.82) is 0 Å². The molecule has 0 spiro atoms. The molecule has 6 nitrogen and oxygen atoms in total. The van der Waals surface area contributed by atoms with Gasteiger partial charge in [-0.05, 0) is 25.0 Å². The Morgan fingerprint density at radius 3 is 2.55 bits per heavy atom. The Balaban J connectivity index is 1.95. The number of hydrogen-bond acceptors (Lipinski definition) is 4. The zero-order chi connectivity index (χ0) is 16.1. The lowest BCUT2D eigenvalue weighted by Crippen LogP contribution is -2.33. The molecule has 1 aliphatic rings. The van der Waals surface area contributed by atoms with Crippen LogP contribution in [0.2, 0.25) is 0 Å². The number of carbonyl (C=O) groups is 2. The second-order valence-corrected chi connectivity index (χ2v) is 5.31. The van der Waals surface area contributed by atoms with Crippen LogP contribution in [0.15, 0.2) is 18.2 Å². The average Bonchev–Trinajstić information content (AvgIpc) is 3.31. The fourth-order valence-electron chi connectivity index (χ4n) is 2.33. The Hall–Kier alpha value is -2.24. The Morgan fingerprint density at radius 2 is 2.00 bits per heavy atom. The van der Waals surface area contributed by atoms with Crippen LogP contribution in [-0.2, 0) is 9.59 Å². The zero-order valence-corrected chi connectivity index (χ0v) is 13.2. The van der Waals surface area contributed by atoms with Gasteiger partial charge in [0.25, 0.3) is 0 Å². The number of ether oxygens (including phenoxy) is 2. The number of carbonyl (C=O) groups excluding carboxylic acids is 2. The number of rotatable bonds is 7. The van der Waals surface area contributed by atoms with Gasteiger partial charge in [-0.25, -0.2) is 0 Å². The van der Waals surface area contributed by atoms with Crippen molar-refractivity contribution in [2.75, 3.05) is 26.1 Å². The molecule has 0 heterocycles. The first-order valence-corrected chi connectivity index (χ1v) is 7.34. The number of amides is 2. The molecule has 1 aromatic rings. The average molecular weight is 306 g/mol. The third-order valence-corrected chi connectivity index (χ3v) is 3.65. The highest BCUT2D eigenvalue weighted by molar-refractivity contribution is 5.93. The van der Waals surface area contributed by atoms with E-state index in [9.17, 15) is 9.59 Å². The third-order valence-electron chi connectivity index (χ3n) is 3.65. The van der Waals surface area contributed by atoms with E-state index in [4.69, 9.17) is 9.47 Å². The molecular formula is C16H22N2O4. The van der Waals surface area contributed by atoms with Crippen LogP contribution in [0, 0.1) is 0 Å². The fraction of sp³-hybridized carbons (Fsp3) is 0.500. The number of methoxy groups -OCH3 is 2. The van der Waals surface area contributed by atoms with Crippen molar-refractivity contribution in [2.24, 2.45) is 0 Å². The van der Waals surface area contributed by atoms with Gasteiger partial charge in [-0.3, -0.25) is 9.59 Å². The maximum Gasteiger partial charge on any atom is 0.226 e. The molecule has 120 valence electrons. The smallest absolute Gasteiger partial charge is 0.226 e. The van der Waals surface area contributed by atoms with Gasteiger partial charge >= 0.3 is 0 Å². The quantitative estimate of drug-likeness (QED) is 0.837. The fourth-order valence-corrected chi connectivity index (χ4v) is 2.33. The minimum absolute atomic E-state index is 0.0225. The minimum Gasteiger partial charge on any atom is -0.497 e. The highest BCUT2D eigenvalue weighted by Gasteiger charge is 2.30. The van der Waals surface area contributed by atoms with Crippen LogP contribution in [0.1, 0.15) is 26.2 Å². The van der Waals surface area contributed by atoms with Crippen LogP contribution in [-0.4, -0.2) is 43.5 Å². The molecule has 0 aromatic heterocycles. The highest BCUT2D eigenvalue weighted by Crippen LogP contribution is 2.29. The molecule has 0 saturated heterocycles. The number of nitrogens with zero attached hydrogens (tertiary/aromatic N) is 1. The summed E-state index contributed by atoms with van der Waals surface area (Å²) in [6.45, 7) is 1.99. The molecule has 22 heavy (non-hydrogen) atoms. The molecule has 1 saturated carbocycles. The Morgan fingerprint density at radius 1 is 1.27 bits per heavy atom. The second kappa shape index (κ2) is 7.15. The summed E-state index contributed by atoms with van der Waals surface area (Å²) in [7, 11) is 3.11. The van der Waals surface area contributed by atoms with E-state index in [0.717, 1.165) is 12.8 Å². The van der Waals surface area contributed by atoms with E-state index in [1.54, 1.807) is 44.2 Å². The van der Waals surface area contributed by atoms with Crippen LogP contribution in [0.3, 0.4) is 0 Å². The van der Waals surface area contributed by atoms with E-state index in [1.807, 2.05) is 0 Å². The van der Waals surface area contributed by atoms with Crippen molar-refractivity contribution < 1.29 is 19.1 Å². The lowest BCUT2D eigenvalue weighted by Gasteiger charge is -2.20. The van der Waals surface area contributed by atoms with Gasteiger partial charge in [-0.15, -0.1) is 0 Å². The maximum absolute atomic E-state index is 12.1. The molecule has 1 N–H and O–H groups in total. The number of nitrogens with one attached hydrogen (secondary N) is 1.